The number of carbonyl (C=O) groups excluding carboxylic acids is 3. The fraction of sp³-hybridized carbons (Fsp3) is 0.190. The molecule has 2 aromatic carbocycles. The van der Waals surface area contributed by atoms with E-state index in [1.807, 2.05) is 26.0 Å². The Morgan fingerprint density at radius 3 is 2.62 bits per heavy atom. The first kappa shape index (κ1) is 20.5. The Kier molecular flexibility index (Phi) is 5.93. The monoisotopic (exact) mass is 412 g/mol. The molecule has 1 saturated heterocycles. The van der Waals surface area contributed by atoms with E-state index in [0.717, 1.165) is 27.8 Å². The maximum absolute atomic E-state index is 12.6. The maximum atomic E-state index is 12.6. The molecule has 3 rings (SSSR count). The Bertz CT molecular complexity index is 1030. The summed E-state index contributed by atoms with van der Waals surface area (Å²) in [6.45, 7) is 3.45. The lowest BCUT2D eigenvalue weighted by molar-refractivity contribution is -0.127. The minimum Gasteiger partial charge on any atom is -0.504 e. The molecule has 3 amide bonds. The van der Waals surface area contributed by atoms with Crippen LogP contribution in [-0.4, -0.2) is 40.7 Å². The zero-order valence-corrected chi connectivity index (χ0v) is 17.0. The predicted molar refractivity (Wildman–Crippen MR) is 112 cm³/mol. The average Bonchev–Trinajstić information content (AvgIpc) is 2.91. The number of hydrogen-bond donors (Lipinski definition) is 2. The molecule has 1 aliphatic rings. The van der Waals surface area contributed by atoms with E-state index in [1.165, 1.54) is 19.3 Å². The smallest absolute Gasteiger partial charge is 0.294 e. The number of amides is 3. The molecule has 1 fully saturated rings. The highest BCUT2D eigenvalue weighted by atomic mass is 32.2. The molecule has 0 bridgehead atoms. The summed E-state index contributed by atoms with van der Waals surface area (Å²) >= 11 is 0.751. The van der Waals surface area contributed by atoms with Crippen molar-refractivity contribution in [1.29, 1.82) is 0 Å². The second kappa shape index (κ2) is 8.40. The van der Waals surface area contributed by atoms with Crippen LogP contribution in [-0.2, 0) is 9.59 Å². The molecule has 1 heterocycles. The topological polar surface area (TPSA) is 95.9 Å². The van der Waals surface area contributed by atoms with Crippen molar-refractivity contribution in [1.82, 2.24) is 4.90 Å². The molecule has 0 spiro atoms. The molecule has 0 aliphatic carbocycles. The van der Waals surface area contributed by atoms with Gasteiger partial charge in [0.05, 0.1) is 12.0 Å². The van der Waals surface area contributed by atoms with E-state index >= 15 is 0 Å². The minimum atomic E-state index is -0.550. The summed E-state index contributed by atoms with van der Waals surface area (Å²) in [4.78, 5) is 38.2. The van der Waals surface area contributed by atoms with E-state index in [-0.39, 0.29) is 17.2 Å². The third-order valence-electron chi connectivity index (χ3n) is 4.33. The SMILES string of the molecule is COc1ccc(/C=C2/SC(=O)N(CC(=O)Nc3ccc(C)cc3C)C2=O)cc1O. The number of methoxy groups -OCH3 is 1. The average molecular weight is 412 g/mol. The first-order chi connectivity index (χ1) is 13.8. The zero-order valence-electron chi connectivity index (χ0n) is 16.2. The Labute approximate surface area is 172 Å². The number of carbonyl (C=O) groups is 3. The third-order valence-corrected chi connectivity index (χ3v) is 5.24. The van der Waals surface area contributed by atoms with Crippen molar-refractivity contribution in [3.8, 4) is 11.5 Å². The summed E-state index contributed by atoms with van der Waals surface area (Å²) in [5.74, 6) is -0.777. The number of ether oxygens (including phenoxy) is 1. The van der Waals surface area contributed by atoms with Crippen LogP contribution in [0.15, 0.2) is 41.3 Å². The highest BCUT2D eigenvalue weighted by molar-refractivity contribution is 8.18. The van der Waals surface area contributed by atoms with Crippen LogP contribution in [0.1, 0.15) is 16.7 Å². The van der Waals surface area contributed by atoms with Crippen LogP contribution < -0.4 is 10.1 Å². The number of rotatable bonds is 5. The molecule has 0 radical (unpaired) electrons. The van der Waals surface area contributed by atoms with Gasteiger partial charge in [-0.15, -0.1) is 0 Å². The molecule has 150 valence electrons. The number of phenols is 1. The van der Waals surface area contributed by atoms with Gasteiger partial charge in [-0.3, -0.25) is 19.3 Å². The molecule has 2 N–H and O–H groups in total. The molecule has 8 heteroatoms. The lowest BCUT2D eigenvalue weighted by Gasteiger charge is -2.14. The maximum Gasteiger partial charge on any atom is 0.294 e. The van der Waals surface area contributed by atoms with Crippen LogP contribution in [0.25, 0.3) is 6.08 Å². The summed E-state index contributed by atoms with van der Waals surface area (Å²) in [6, 6.07) is 10.2. The van der Waals surface area contributed by atoms with E-state index < -0.39 is 17.1 Å². The Hall–Kier alpha value is -3.26. The van der Waals surface area contributed by atoms with E-state index in [4.69, 9.17) is 4.74 Å². The number of phenolic OH excluding ortho intramolecular Hbond substituents is 1. The lowest BCUT2D eigenvalue weighted by atomic mass is 10.1. The largest absolute Gasteiger partial charge is 0.504 e. The van der Waals surface area contributed by atoms with Crippen LogP contribution in [0, 0.1) is 13.8 Å². The van der Waals surface area contributed by atoms with Gasteiger partial charge in [-0.2, -0.15) is 0 Å². The number of anilines is 1. The molecule has 7 nitrogen and oxygen atoms in total. The molecule has 0 saturated carbocycles. The lowest BCUT2D eigenvalue weighted by Crippen LogP contribution is -2.36. The highest BCUT2D eigenvalue weighted by Gasteiger charge is 2.36. The number of hydrogen-bond acceptors (Lipinski definition) is 6. The van der Waals surface area contributed by atoms with Crippen molar-refractivity contribution in [2.24, 2.45) is 0 Å². The number of nitrogens with zero attached hydrogens (tertiary/aromatic N) is 1. The summed E-state index contributed by atoms with van der Waals surface area (Å²) in [6.07, 6.45) is 1.49. The van der Waals surface area contributed by atoms with Crippen molar-refractivity contribution in [2.75, 3.05) is 19.0 Å². The second-order valence-electron chi connectivity index (χ2n) is 6.57. The van der Waals surface area contributed by atoms with Gasteiger partial charge in [0.25, 0.3) is 11.1 Å². The minimum absolute atomic E-state index is 0.0756. The van der Waals surface area contributed by atoms with E-state index in [2.05, 4.69) is 5.32 Å². The van der Waals surface area contributed by atoms with Gasteiger partial charge in [-0.05, 0) is 61.0 Å². The van der Waals surface area contributed by atoms with Gasteiger partial charge in [0, 0.05) is 5.69 Å². The molecule has 0 aromatic heterocycles. The first-order valence-corrected chi connectivity index (χ1v) is 9.59. The number of nitrogens with one attached hydrogen (secondary N) is 1. The number of imide groups is 1. The van der Waals surface area contributed by atoms with Crippen molar-refractivity contribution in [3.63, 3.8) is 0 Å². The van der Waals surface area contributed by atoms with Crippen molar-refractivity contribution in [2.45, 2.75) is 13.8 Å². The fourth-order valence-electron chi connectivity index (χ4n) is 2.87. The van der Waals surface area contributed by atoms with E-state index in [9.17, 15) is 19.5 Å². The Morgan fingerprint density at radius 1 is 1.21 bits per heavy atom. The van der Waals surface area contributed by atoms with Gasteiger partial charge < -0.3 is 15.2 Å². The van der Waals surface area contributed by atoms with Crippen LogP contribution in [0.3, 0.4) is 0 Å². The number of aromatic hydroxyl groups is 1. The molecule has 29 heavy (non-hydrogen) atoms. The van der Waals surface area contributed by atoms with Crippen LogP contribution in [0.4, 0.5) is 10.5 Å². The summed E-state index contributed by atoms with van der Waals surface area (Å²) in [5, 5.41) is 12.1. The Morgan fingerprint density at radius 2 is 1.97 bits per heavy atom. The highest BCUT2D eigenvalue weighted by Crippen LogP contribution is 2.34. The number of aryl methyl sites for hydroxylation is 2. The molecular formula is C21H20N2O5S. The standard InChI is InChI=1S/C21H20N2O5S/c1-12-4-6-15(13(2)8-12)22-19(25)11-23-20(26)18(29-21(23)27)10-14-5-7-17(28-3)16(24)9-14/h4-10,24H,11H2,1-3H3,(H,22,25)/b18-10+. The van der Waals surface area contributed by atoms with E-state index in [0.29, 0.717) is 17.0 Å². The van der Waals surface area contributed by atoms with Gasteiger partial charge >= 0.3 is 0 Å². The van der Waals surface area contributed by atoms with Gasteiger partial charge in [0.2, 0.25) is 5.91 Å². The Balaban J connectivity index is 1.71. The normalized spacial score (nSPS) is 15.1. The van der Waals surface area contributed by atoms with Crippen molar-refractivity contribution < 1.29 is 24.2 Å². The molecule has 1 aliphatic heterocycles. The number of thioether (sulfide) groups is 1. The van der Waals surface area contributed by atoms with Gasteiger partial charge in [-0.1, -0.05) is 23.8 Å². The van der Waals surface area contributed by atoms with E-state index in [1.54, 1.807) is 18.2 Å². The van der Waals surface area contributed by atoms with Crippen LogP contribution in [0.5, 0.6) is 11.5 Å². The first-order valence-electron chi connectivity index (χ1n) is 8.78. The van der Waals surface area contributed by atoms with Crippen molar-refractivity contribution in [3.05, 3.63) is 58.0 Å². The summed E-state index contributed by atoms with van der Waals surface area (Å²) < 4.78 is 4.98. The van der Waals surface area contributed by atoms with Crippen LogP contribution in [0.2, 0.25) is 0 Å². The zero-order chi connectivity index (χ0) is 21.1. The second-order valence-corrected chi connectivity index (χ2v) is 7.56. The van der Waals surface area contributed by atoms with Gasteiger partial charge in [-0.25, -0.2) is 0 Å². The van der Waals surface area contributed by atoms with Gasteiger partial charge in [0.1, 0.15) is 6.54 Å². The quantitative estimate of drug-likeness (QED) is 0.727. The fourth-order valence-corrected chi connectivity index (χ4v) is 3.71. The summed E-state index contributed by atoms with van der Waals surface area (Å²) in [5.41, 5.74) is 3.14. The predicted octanol–water partition coefficient (Wildman–Crippen LogP) is 3.69. The van der Waals surface area contributed by atoms with Crippen LogP contribution >= 0.6 is 11.8 Å². The summed E-state index contributed by atoms with van der Waals surface area (Å²) in [7, 11) is 1.43. The molecular weight excluding hydrogens is 392 g/mol. The molecule has 2 aromatic rings. The molecule has 0 unspecified atom stereocenters. The molecule has 0 atom stereocenters. The number of benzene rings is 2. The van der Waals surface area contributed by atoms with Crippen molar-refractivity contribution >= 4 is 40.6 Å². The van der Waals surface area contributed by atoms with Gasteiger partial charge in [0.15, 0.2) is 11.5 Å². The third kappa shape index (κ3) is 4.60.